The Morgan fingerprint density at radius 2 is 1.63 bits per heavy atom. The highest BCUT2D eigenvalue weighted by Gasteiger charge is 2.25. The summed E-state index contributed by atoms with van der Waals surface area (Å²) in [7, 11) is 0. The van der Waals surface area contributed by atoms with Crippen LogP contribution in [0, 0.1) is 34.6 Å². The Morgan fingerprint density at radius 3 is 2.11 bits per heavy atom. The molecule has 6 heteroatoms. The van der Waals surface area contributed by atoms with Gasteiger partial charge in [-0.1, -0.05) is 17.7 Å². The third-order valence-electron chi connectivity index (χ3n) is 4.70. The number of benzene rings is 1. The van der Waals surface area contributed by atoms with Crippen molar-refractivity contribution in [1.82, 2.24) is 4.98 Å². The van der Waals surface area contributed by atoms with Crippen LogP contribution in [0.25, 0.3) is 0 Å². The van der Waals surface area contributed by atoms with Crippen molar-refractivity contribution in [2.75, 3.05) is 5.32 Å². The summed E-state index contributed by atoms with van der Waals surface area (Å²) in [5.74, 6) is -1.02. The van der Waals surface area contributed by atoms with Gasteiger partial charge in [-0.15, -0.1) is 0 Å². The van der Waals surface area contributed by atoms with E-state index < -0.39 is 24.1 Å². The van der Waals surface area contributed by atoms with Crippen LogP contribution in [-0.2, 0) is 9.53 Å². The first kappa shape index (κ1) is 20.7. The van der Waals surface area contributed by atoms with Crippen molar-refractivity contribution in [2.45, 2.75) is 60.7 Å². The number of H-pyrrole nitrogens is 1. The first-order chi connectivity index (χ1) is 12.5. The number of hydrogen-bond acceptors (Lipinski definition) is 4. The van der Waals surface area contributed by atoms with E-state index in [0.29, 0.717) is 16.8 Å². The van der Waals surface area contributed by atoms with E-state index in [1.807, 2.05) is 32.9 Å². The normalized spacial score (nSPS) is 13.2. The zero-order valence-corrected chi connectivity index (χ0v) is 17.0. The van der Waals surface area contributed by atoms with E-state index >= 15 is 0 Å². The number of aliphatic hydroxyl groups is 1. The Bertz CT molecular complexity index is 858. The Hall–Kier alpha value is -2.60. The lowest BCUT2D eigenvalue weighted by Crippen LogP contribution is -2.30. The molecule has 2 aromatic rings. The van der Waals surface area contributed by atoms with Gasteiger partial charge in [-0.2, -0.15) is 0 Å². The van der Waals surface area contributed by atoms with Crippen LogP contribution in [-0.4, -0.2) is 28.1 Å². The molecule has 0 bridgehead atoms. The van der Waals surface area contributed by atoms with Gasteiger partial charge in [-0.05, 0) is 65.2 Å². The molecular formula is C21H28N2O4. The minimum Gasteiger partial charge on any atom is -0.448 e. The first-order valence-electron chi connectivity index (χ1n) is 8.99. The predicted octanol–water partition coefficient (Wildman–Crippen LogP) is 3.79. The molecule has 3 N–H and O–H groups in total. The summed E-state index contributed by atoms with van der Waals surface area (Å²) in [6.45, 7) is 12.5. The number of hydrogen-bond donors (Lipinski definition) is 3. The molecule has 0 radical (unpaired) electrons. The summed E-state index contributed by atoms with van der Waals surface area (Å²) < 4.78 is 5.34. The fraction of sp³-hybridized carbons (Fsp3) is 0.429. The largest absolute Gasteiger partial charge is 0.448 e. The van der Waals surface area contributed by atoms with Crippen molar-refractivity contribution < 1.29 is 19.4 Å². The highest BCUT2D eigenvalue weighted by molar-refractivity contribution is 5.98. The van der Waals surface area contributed by atoms with E-state index in [-0.39, 0.29) is 5.69 Å². The van der Waals surface area contributed by atoms with E-state index in [0.717, 1.165) is 22.4 Å². The molecule has 2 rings (SSSR count). The second kappa shape index (κ2) is 7.96. The molecule has 1 heterocycles. The van der Waals surface area contributed by atoms with Crippen LogP contribution in [0.4, 0.5) is 5.69 Å². The van der Waals surface area contributed by atoms with Gasteiger partial charge < -0.3 is 20.1 Å². The fourth-order valence-electron chi connectivity index (χ4n) is 3.47. The fourth-order valence-corrected chi connectivity index (χ4v) is 3.47. The standard InChI is InChI=1S/C21H28N2O4/c1-10-8-11(2)18(12(3)9-10)23-20(25)16(7)27-21(26)19-13(4)17(15(6)24)14(5)22-19/h8-9,15-16,22,24H,1-7H3,(H,23,25)/t15-,16+/m0/s1. The number of nitrogens with one attached hydrogen (secondary N) is 2. The van der Waals surface area contributed by atoms with Crippen LogP contribution in [0.3, 0.4) is 0 Å². The summed E-state index contributed by atoms with van der Waals surface area (Å²) in [5.41, 5.74) is 6.03. The molecule has 0 fully saturated rings. The zero-order chi connectivity index (χ0) is 20.5. The second-order valence-electron chi connectivity index (χ2n) is 7.15. The van der Waals surface area contributed by atoms with Gasteiger partial charge in [0, 0.05) is 16.9 Å². The molecule has 0 spiro atoms. The monoisotopic (exact) mass is 372 g/mol. The molecule has 0 aliphatic heterocycles. The highest BCUT2D eigenvalue weighted by Crippen LogP contribution is 2.25. The molecule has 0 aliphatic rings. The van der Waals surface area contributed by atoms with E-state index in [9.17, 15) is 14.7 Å². The Kier molecular flexibility index (Phi) is 6.11. The van der Waals surface area contributed by atoms with Crippen molar-refractivity contribution in [3.05, 3.63) is 51.3 Å². The lowest BCUT2D eigenvalue weighted by Gasteiger charge is -2.17. The minimum absolute atomic E-state index is 0.255. The molecule has 2 atom stereocenters. The smallest absolute Gasteiger partial charge is 0.355 e. The van der Waals surface area contributed by atoms with Gasteiger partial charge in [-0.25, -0.2) is 4.79 Å². The number of carbonyl (C=O) groups is 2. The Labute approximate surface area is 159 Å². The quantitative estimate of drug-likeness (QED) is 0.696. The van der Waals surface area contributed by atoms with Gasteiger partial charge in [0.1, 0.15) is 5.69 Å². The molecular weight excluding hydrogens is 344 g/mol. The predicted molar refractivity (Wildman–Crippen MR) is 105 cm³/mol. The maximum atomic E-state index is 12.5. The van der Waals surface area contributed by atoms with Crippen molar-refractivity contribution in [3.63, 3.8) is 0 Å². The lowest BCUT2D eigenvalue weighted by atomic mass is 10.0. The van der Waals surface area contributed by atoms with Crippen LogP contribution in [0.1, 0.15) is 64.0 Å². The van der Waals surface area contributed by atoms with Crippen LogP contribution >= 0.6 is 0 Å². The molecule has 0 unspecified atom stereocenters. The molecule has 6 nitrogen and oxygen atoms in total. The van der Waals surface area contributed by atoms with E-state index in [1.54, 1.807) is 20.8 Å². The number of carbonyl (C=O) groups excluding carboxylic acids is 2. The molecule has 1 aromatic carbocycles. The molecule has 0 saturated heterocycles. The molecule has 1 amide bonds. The minimum atomic E-state index is -0.962. The van der Waals surface area contributed by atoms with Crippen LogP contribution in [0.2, 0.25) is 0 Å². The number of anilines is 1. The Balaban J connectivity index is 2.13. The van der Waals surface area contributed by atoms with Gasteiger partial charge in [0.15, 0.2) is 6.10 Å². The SMILES string of the molecule is Cc1cc(C)c(NC(=O)[C@@H](C)OC(=O)c2[nH]c(C)c([C@H](C)O)c2C)c(C)c1. The first-order valence-corrected chi connectivity index (χ1v) is 8.99. The number of aromatic nitrogens is 1. The van der Waals surface area contributed by atoms with Gasteiger partial charge >= 0.3 is 5.97 Å². The van der Waals surface area contributed by atoms with Gasteiger partial charge in [-0.3, -0.25) is 4.79 Å². The number of amides is 1. The van der Waals surface area contributed by atoms with Crippen molar-refractivity contribution in [2.24, 2.45) is 0 Å². The molecule has 1 aromatic heterocycles. The number of esters is 1. The van der Waals surface area contributed by atoms with E-state index in [1.165, 1.54) is 6.92 Å². The number of rotatable bonds is 5. The molecule has 0 aliphatic carbocycles. The van der Waals surface area contributed by atoms with Crippen LogP contribution in [0.15, 0.2) is 12.1 Å². The maximum Gasteiger partial charge on any atom is 0.355 e. The summed E-state index contributed by atoms with van der Waals surface area (Å²) in [6.07, 6.45) is -1.66. The van der Waals surface area contributed by atoms with Crippen molar-refractivity contribution in [3.8, 4) is 0 Å². The van der Waals surface area contributed by atoms with Gasteiger partial charge in [0.25, 0.3) is 5.91 Å². The molecule has 0 saturated carbocycles. The zero-order valence-electron chi connectivity index (χ0n) is 17.0. The van der Waals surface area contributed by atoms with E-state index in [4.69, 9.17) is 4.74 Å². The number of aryl methyl sites for hydroxylation is 4. The third kappa shape index (κ3) is 4.39. The van der Waals surface area contributed by atoms with Crippen molar-refractivity contribution in [1.29, 1.82) is 0 Å². The average molecular weight is 372 g/mol. The Morgan fingerprint density at radius 1 is 1.07 bits per heavy atom. The maximum absolute atomic E-state index is 12.5. The molecule has 27 heavy (non-hydrogen) atoms. The summed E-state index contributed by atoms with van der Waals surface area (Å²) in [5, 5.41) is 12.7. The lowest BCUT2D eigenvalue weighted by molar-refractivity contribution is -0.123. The summed E-state index contributed by atoms with van der Waals surface area (Å²) in [6, 6.07) is 3.98. The van der Waals surface area contributed by atoms with Gasteiger partial charge in [0.05, 0.1) is 6.10 Å². The summed E-state index contributed by atoms with van der Waals surface area (Å²) >= 11 is 0. The number of ether oxygens (including phenoxy) is 1. The van der Waals surface area contributed by atoms with Gasteiger partial charge in [0.2, 0.25) is 0 Å². The molecule has 146 valence electrons. The third-order valence-corrected chi connectivity index (χ3v) is 4.70. The second-order valence-corrected chi connectivity index (χ2v) is 7.15. The van der Waals surface area contributed by atoms with E-state index in [2.05, 4.69) is 10.3 Å². The average Bonchev–Trinajstić information content (AvgIpc) is 2.85. The van der Waals surface area contributed by atoms with Crippen LogP contribution < -0.4 is 5.32 Å². The summed E-state index contributed by atoms with van der Waals surface area (Å²) in [4.78, 5) is 27.9. The number of aromatic amines is 1. The van der Waals surface area contributed by atoms with Crippen molar-refractivity contribution >= 4 is 17.6 Å². The highest BCUT2D eigenvalue weighted by atomic mass is 16.5. The van der Waals surface area contributed by atoms with Crippen LogP contribution in [0.5, 0.6) is 0 Å². The number of aliphatic hydroxyl groups excluding tert-OH is 1. The topological polar surface area (TPSA) is 91.4 Å².